The number of aromatic carboxylic acids is 1. The zero-order valence-corrected chi connectivity index (χ0v) is 10.2. The third kappa shape index (κ3) is 3.02. The number of carbonyl (C=O) groups is 1. The summed E-state index contributed by atoms with van der Waals surface area (Å²) in [6, 6.07) is 13.6. The highest BCUT2D eigenvalue weighted by Crippen LogP contribution is 2.19. The molecule has 0 N–H and O–H groups in total. The van der Waals surface area contributed by atoms with E-state index in [2.05, 4.69) is 0 Å². The van der Waals surface area contributed by atoms with Gasteiger partial charge in [-0.2, -0.15) is 0 Å². The molecule has 2 aromatic rings. The number of hydrogen-bond acceptors (Lipinski definition) is 3. The van der Waals surface area contributed by atoms with Crippen LogP contribution >= 0.6 is 11.6 Å². The molecule has 0 spiro atoms. The average molecular weight is 262 g/mol. The zero-order valence-electron chi connectivity index (χ0n) is 9.43. The highest BCUT2D eigenvalue weighted by Gasteiger charge is 2.04. The lowest BCUT2D eigenvalue weighted by molar-refractivity contribution is -0.255. The molecule has 0 bridgehead atoms. The van der Waals surface area contributed by atoms with E-state index in [0.29, 0.717) is 5.02 Å². The fraction of sp³-hybridized carbons (Fsp3) is 0.0714. The fourth-order valence-corrected chi connectivity index (χ4v) is 1.76. The average Bonchev–Trinajstić information content (AvgIpc) is 2.37. The first-order valence-electron chi connectivity index (χ1n) is 5.34. The van der Waals surface area contributed by atoms with Crippen molar-refractivity contribution in [3.8, 4) is 5.75 Å². The van der Waals surface area contributed by atoms with Crippen LogP contribution in [0, 0.1) is 0 Å². The van der Waals surface area contributed by atoms with E-state index in [4.69, 9.17) is 16.3 Å². The Kier molecular flexibility index (Phi) is 3.85. The summed E-state index contributed by atoms with van der Waals surface area (Å²) in [6.07, 6.45) is 0. The second kappa shape index (κ2) is 5.56. The van der Waals surface area contributed by atoms with Crippen molar-refractivity contribution in [2.45, 2.75) is 6.61 Å². The number of ether oxygens (including phenoxy) is 1. The summed E-state index contributed by atoms with van der Waals surface area (Å²) in [5.41, 5.74) is 0.912. The van der Waals surface area contributed by atoms with Gasteiger partial charge >= 0.3 is 0 Å². The Bertz CT molecular complexity index is 566. The molecule has 0 saturated heterocycles. The number of rotatable bonds is 4. The van der Waals surface area contributed by atoms with Crippen molar-refractivity contribution in [1.82, 2.24) is 0 Å². The summed E-state index contributed by atoms with van der Waals surface area (Å²) in [4.78, 5) is 10.9. The second-order valence-corrected chi connectivity index (χ2v) is 4.14. The molecule has 18 heavy (non-hydrogen) atoms. The van der Waals surface area contributed by atoms with E-state index in [0.717, 1.165) is 5.56 Å². The molecule has 2 rings (SSSR count). The van der Waals surface area contributed by atoms with Crippen LogP contribution < -0.4 is 9.84 Å². The normalized spacial score (nSPS) is 10.1. The van der Waals surface area contributed by atoms with Crippen molar-refractivity contribution in [2.24, 2.45) is 0 Å². The molecule has 0 aromatic heterocycles. The zero-order chi connectivity index (χ0) is 13.0. The number of hydrogen-bond donors (Lipinski definition) is 0. The lowest BCUT2D eigenvalue weighted by atomic mass is 10.2. The summed E-state index contributed by atoms with van der Waals surface area (Å²) in [5, 5.41) is 11.5. The Labute approximate surface area is 110 Å². The third-order valence-electron chi connectivity index (χ3n) is 2.39. The predicted molar refractivity (Wildman–Crippen MR) is 66.6 cm³/mol. The van der Waals surface area contributed by atoms with Gasteiger partial charge in [0.25, 0.3) is 0 Å². The molecule has 2 aromatic carbocycles. The van der Waals surface area contributed by atoms with Gasteiger partial charge in [-0.15, -0.1) is 0 Å². The third-order valence-corrected chi connectivity index (χ3v) is 2.63. The standard InChI is InChI=1S/C14H11ClO3/c15-11-5-3-4-10(8-11)9-18-13-7-2-1-6-12(13)14(16)17/h1-8H,9H2,(H,16,17)/p-1. The number of benzene rings is 2. The van der Waals surface area contributed by atoms with Crippen molar-refractivity contribution in [3.63, 3.8) is 0 Å². The molecule has 0 radical (unpaired) electrons. The van der Waals surface area contributed by atoms with Gasteiger partial charge in [0.05, 0.1) is 5.97 Å². The maximum absolute atomic E-state index is 10.9. The smallest absolute Gasteiger partial charge is 0.128 e. The molecule has 4 heteroatoms. The molecular weight excluding hydrogens is 252 g/mol. The Hall–Kier alpha value is -2.00. The largest absolute Gasteiger partial charge is 0.545 e. The van der Waals surface area contributed by atoms with Crippen molar-refractivity contribution >= 4 is 17.6 Å². The van der Waals surface area contributed by atoms with Gasteiger partial charge in [-0.05, 0) is 29.8 Å². The van der Waals surface area contributed by atoms with E-state index >= 15 is 0 Å². The van der Waals surface area contributed by atoms with Gasteiger partial charge in [0.1, 0.15) is 12.4 Å². The van der Waals surface area contributed by atoms with E-state index in [9.17, 15) is 9.90 Å². The Morgan fingerprint density at radius 1 is 1.17 bits per heavy atom. The first kappa shape index (κ1) is 12.5. The van der Waals surface area contributed by atoms with Crippen LogP contribution in [0.1, 0.15) is 15.9 Å². The number of carbonyl (C=O) groups excluding carboxylic acids is 1. The first-order chi connectivity index (χ1) is 8.66. The van der Waals surface area contributed by atoms with Crippen molar-refractivity contribution < 1.29 is 14.6 Å². The Balaban J connectivity index is 2.13. The molecule has 0 atom stereocenters. The van der Waals surface area contributed by atoms with E-state index in [-0.39, 0.29) is 17.9 Å². The monoisotopic (exact) mass is 261 g/mol. The number of carboxylic acids is 1. The van der Waals surface area contributed by atoms with Gasteiger partial charge in [-0.1, -0.05) is 35.9 Å². The summed E-state index contributed by atoms with van der Waals surface area (Å²) in [6.45, 7) is 0.255. The highest BCUT2D eigenvalue weighted by molar-refractivity contribution is 6.30. The lowest BCUT2D eigenvalue weighted by Crippen LogP contribution is -2.23. The van der Waals surface area contributed by atoms with Gasteiger partial charge in [0.15, 0.2) is 0 Å². The Morgan fingerprint density at radius 3 is 2.67 bits per heavy atom. The SMILES string of the molecule is O=C([O-])c1ccccc1OCc1cccc(Cl)c1. The van der Waals surface area contributed by atoms with E-state index < -0.39 is 5.97 Å². The molecule has 0 unspecified atom stereocenters. The number of halogens is 1. The molecule has 0 aliphatic heterocycles. The minimum atomic E-state index is -1.25. The van der Waals surface area contributed by atoms with Crippen LogP contribution in [0.25, 0.3) is 0 Å². The van der Waals surface area contributed by atoms with E-state index in [1.807, 2.05) is 12.1 Å². The molecule has 92 valence electrons. The van der Waals surface area contributed by atoms with Gasteiger partial charge in [0, 0.05) is 10.6 Å². The fourth-order valence-electron chi connectivity index (χ4n) is 1.55. The summed E-state index contributed by atoms with van der Waals surface area (Å²) in [5.74, 6) is -0.964. The molecule has 0 heterocycles. The number of carboxylic acid groups (broad SMARTS) is 1. The minimum Gasteiger partial charge on any atom is -0.545 e. The summed E-state index contributed by atoms with van der Waals surface area (Å²) >= 11 is 5.85. The van der Waals surface area contributed by atoms with Crippen LogP contribution in [-0.2, 0) is 6.61 Å². The molecule has 0 aliphatic carbocycles. The van der Waals surface area contributed by atoms with Crippen molar-refractivity contribution in [1.29, 1.82) is 0 Å². The maximum atomic E-state index is 10.9. The van der Waals surface area contributed by atoms with Crippen LogP contribution in [0.4, 0.5) is 0 Å². The maximum Gasteiger partial charge on any atom is 0.128 e. The molecule has 0 fully saturated rings. The molecule has 3 nitrogen and oxygen atoms in total. The van der Waals surface area contributed by atoms with Crippen LogP contribution in [0.3, 0.4) is 0 Å². The molecule has 0 aliphatic rings. The van der Waals surface area contributed by atoms with Crippen LogP contribution in [-0.4, -0.2) is 5.97 Å². The number of para-hydroxylation sites is 1. The first-order valence-corrected chi connectivity index (χ1v) is 5.72. The van der Waals surface area contributed by atoms with Crippen LogP contribution in [0.5, 0.6) is 5.75 Å². The van der Waals surface area contributed by atoms with Crippen LogP contribution in [0.15, 0.2) is 48.5 Å². The lowest BCUT2D eigenvalue weighted by Gasteiger charge is -2.12. The molecule has 0 amide bonds. The highest BCUT2D eigenvalue weighted by atomic mass is 35.5. The van der Waals surface area contributed by atoms with Crippen molar-refractivity contribution in [3.05, 3.63) is 64.7 Å². The van der Waals surface area contributed by atoms with Gasteiger partial charge < -0.3 is 14.6 Å². The topological polar surface area (TPSA) is 49.4 Å². The Morgan fingerprint density at radius 2 is 1.94 bits per heavy atom. The van der Waals surface area contributed by atoms with Crippen molar-refractivity contribution in [2.75, 3.05) is 0 Å². The van der Waals surface area contributed by atoms with E-state index in [1.165, 1.54) is 6.07 Å². The minimum absolute atomic E-state index is 0.0412. The van der Waals surface area contributed by atoms with Gasteiger partial charge in [0.2, 0.25) is 0 Å². The van der Waals surface area contributed by atoms with Gasteiger partial charge in [-0.25, -0.2) is 0 Å². The predicted octanol–water partition coefficient (Wildman–Crippen LogP) is 2.28. The van der Waals surface area contributed by atoms with Crippen LogP contribution in [0.2, 0.25) is 5.02 Å². The van der Waals surface area contributed by atoms with E-state index in [1.54, 1.807) is 30.3 Å². The summed E-state index contributed by atoms with van der Waals surface area (Å²) < 4.78 is 5.46. The molecular formula is C14H10ClO3-. The van der Waals surface area contributed by atoms with Gasteiger partial charge in [-0.3, -0.25) is 0 Å². The quantitative estimate of drug-likeness (QED) is 0.848. The molecule has 0 saturated carbocycles. The summed E-state index contributed by atoms with van der Waals surface area (Å²) in [7, 11) is 0. The second-order valence-electron chi connectivity index (χ2n) is 3.70.